The fraction of sp³-hybridized carbons (Fsp3) is 0.444. The first-order valence-corrected chi connectivity index (χ1v) is 13.8. The molecule has 0 aliphatic heterocycles. The van der Waals surface area contributed by atoms with E-state index in [0.717, 1.165) is 0 Å². The number of Topliss-reactive ketones (excluding diaryl/α,β-unsaturated/α-hetero) is 2. The third kappa shape index (κ3) is 23.3. The molecule has 143 valence electrons. The van der Waals surface area contributed by atoms with Crippen LogP contribution in [0.3, 0.4) is 0 Å². The second-order valence-corrected chi connectivity index (χ2v) is 12.2. The van der Waals surface area contributed by atoms with Gasteiger partial charge in [-0.25, -0.2) is 0 Å². The number of carbonyl (C=O) groups is 2. The van der Waals surface area contributed by atoms with Crippen molar-refractivity contribution < 1.29 is 26.4 Å². The molecular weight excluding hydrogens is 397 g/mol. The molecule has 0 N–H and O–H groups in total. The van der Waals surface area contributed by atoms with Crippen LogP contribution < -0.4 is 9.97 Å². The maximum Gasteiger partial charge on any atom is 2.00 e. The Kier molecular flexibility index (Phi) is 21.0. The summed E-state index contributed by atoms with van der Waals surface area (Å²) in [5.74, 6) is 0.0463. The molecule has 0 unspecified atom stereocenters. The zero-order valence-corrected chi connectivity index (χ0v) is 19.5. The van der Waals surface area contributed by atoms with Gasteiger partial charge in [-0.1, -0.05) is 35.7 Å². The van der Waals surface area contributed by atoms with Crippen LogP contribution >= 0.6 is 15.8 Å². The minimum absolute atomic E-state index is 0. The molecule has 0 spiro atoms. The molecule has 0 fully saturated rings. The molecule has 2 rings (SSSR count). The summed E-state index contributed by atoms with van der Waals surface area (Å²) in [5, 5.41) is 0. The summed E-state index contributed by atoms with van der Waals surface area (Å²) in [6.45, 7) is 16.6. The van der Waals surface area contributed by atoms with Crippen molar-refractivity contribution in [3.8, 4) is 0 Å². The molecule has 7 heteroatoms. The van der Waals surface area contributed by atoms with Crippen molar-refractivity contribution >= 4 is 27.4 Å². The van der Waals surface area contributed by atoms with E-state index in [4.69, 9.17) is 0 Å². The summed E-state index contributed by atoms with van der Waals surface area (Å²) in [4.78, 5) is 28.4. The number of rotatable bonds is 2. The van der Waals surface area contributed by atoms with E-state index in [1.165, 1.54) is 13.8 Å². The molecule has 25 heavy (non-hydrogen) atoms. The van der Waals surface area contributed by atoms with Crippen molar-refractivity contribution in [1.29, 1.82) is 0 Å². The van der Waals surface area contributed by atoms with Crippen molar-refractivity contribution in [2.45, 2.75) is 13.8 Å². The van der Waals surface area contributed by atoms with Gasteiger partial charge in [0.05, 0.1) is 0 Å². The van der Waals surface area contributed by atoms with Gasteiger partial charge in [-0.05, 0) is 29.7 Å². The topological polar surface area (TPSA) is 62.3 Å². The summed E-state index contributed by atoms with van der Waals surface area (Å²) in [7, 11) is 0.241. The number of ketones is 2. The summed E-state index contributed by atoms with van der Waals surface area (Å²) >= 11 is 0. The van der Waals surface area contributed by atoms with E-state index in [-0.39, 0.29) is 44.2 Å². The molecule has 0 bridgehead atoms. The van der Waals surface area contributed by atoms with Crippen molar-refractivity contribution in [2.24, 2.45) is 0 Å². The van der Waals surface area contributed by atoms with Gasteiger partial charge in [0, 0.05) is 40.0 Å². The van der Waals surface area contributed by atoms with Gasteiger partial charge < -0.3 is 9.97 Å². The Labute approximate surface area is 165 Å². The maximum atomic E-state index is 10.4. The molecule has 0 saturated heterocycles. The van der Waals surface area contributed by atoms with Crippen LogP contribution in [0, 0.1) is 0 Å². The van der Waals surface area contributed by atoms with Gasteiger partial charge in [0.1, 0.15) is 11.6 Å². The molecule has 1 radical (unpaired) electrons. The first-order chi connectivity index (χ1) is 11.1. The Morgan fingerprint density at radius 1 is 0.720 bits per heavy atom. The van der Waals surface area contributed by atoms with Crippen molar-refractivity contribution in [3.05, 3.63) is 48.0 Å². The number of hydrogen-bond donors (Lipinski definition) is 0. The normalized spacial score (nSPS) is 8.72. The Balaban J connectivity index is -0.000000270. The predicted octanol–water partition coefficient (Wildman–Crippen LogP) is 3.87. The second-order valence-electron chi connectivity index (χ2n) is 6.16. The van der Waals surface area contributed by atoms with Crippen LogP contribution in [-0.2, 0) is 16.8 Å². The Morgan fingerprint density at radius 3 is 1.04 bits per heavy atom. The van der Waals surface area contributed by atoms with E-state index >= 15 is 0 Å². The summed E-state index contributed by atoms with van der Waals surface area (Å²) in [5.41, 5.74) is 1.09. The minimum Gasteiger partial charge on any atom is -0.661 e. The summed E-state index contributed by atoms with van der Waals surface area (Å²) in [6, 6.07) is 6.89. The largest absolute Gasteiger partial charge is 2.00 e. The average molecular weight is 429 g/mol. The van der Waals surface area contributed by atoms with Crippen LogP contribution in [0.4, 0.5) is 0 Å². The molecule has 0 aliphatic carbocycles. The van der Waals surface area contributed by atoms with Gasteiger partial charge in [0.25, 0.3) is 0 Å². The Morgan fingerprint density at radius 2 is 0.960 bits per heavy atom. The fourth-order valence-corrected chi connectivity index (χ4v) is 1.02. The average Bonchev–Trinajstić information content (AvgIpc) is 3.12. The van der Waals surface area contributed by atoms with Crippen molar-refractivity contribution in [1.82, 2.24) is 9.97 Å². The van der Waals surface area contributed by atoms with Gasteiger partial charge in [-0.15, -0.1) is 0 Å². The van der Waals surface area contributed by atoms with Crippen LogP contribution in [0.15, 0.2) is 36.7 Å². The van der Waals surface area contributed by atoms with Gasteiger partial charge in [-0.3, -0.25) is 9.59 Å². The zero-order valence-electron chi connectivity index (χ0n) is 16.5. The first-order valence-electron chi connectivity index (χ1n) is 7.78. The van der Waals surface area contributed by atoms with E-state index in [1.54, 1.807) is 36.7 Å². The smallest absolute Gasteiger partial charge is 0.661 e. The Bertz CT molecular complexity index is 484. The van der Waals surface area contributed by atoms with E-state index < -0.39 is 0 Å². The van der Waals surface area contributed by atoms with E-state index in [2.05, 4.69) is 50.0 Å². The first kappa shape index (κ1) is 29.0. The SMILES string of the molecule is CC(=O)c1ccc[n-]1.CC(=O)c1ccc[n-]1.C[PH+](C)C.C[PH+](C)C.[Co+2]. The molecule has 2 aromatic rings. The number of hydrogen-bond acceptors (Lipinski definition) is 2. The van der Waals surface area contributed by atoms with Crippen molar-refractivity contribution in [2.75, 3.05) is 40.0 Å². The fourth-order valence-electron chi connectivity index (χ4n) is 1.02. The third-order valence-electron chi connectivity index (χ3n) is 1.83. The molecular formula is C18H32CoN2O2P2+2. The number of nitrogens with zero attached hydrogens (tertiary/aromatic N) is 2. The summed E-state index contributed by atoms with van der Waals surface area (Å²) < 4.78 is 0. The molecule has 0 atom stereocenters. The Hall–Kier alpha value is -0.734. The molecule has 0 aliphatic rings. The predicted molar refractivity (Wildman–Crippen MR) is 112 cm³/mol. The molecule has 0 aromatic carbocycles. The van der Waals surface area contributed by atoms with Crippen LogP contribution in [0.25, 0.3) is 0 Å². The van der Waals surface area contributed by atoms with Crippen LogP contribution in [0.1, 0.15) is 34.8 Å². The van der Waals surface area contributed by atoms with E-state index in [0.29, 0.717) is 11.4 Å². The molecule has 0 saturated carbocycles. The zero-order chi connectivity index (χ0) is 19.1. The standard InChI is InChI=1S/2C6H7NO.2C3H9P.Co/c2*1-5(8)6-3-2-4-7-6;2*1-4(2)3;/h2*2-4H,1H3,(H,7,8);2*1-3H3;/q;;;;+2. The molecule has 4 nitrogen and oxygen atoms in total. The molecule has 2 heterocycles. The second kappa shape index (κ2) is 18.1. The molecule has 0 amide bonds. The maximum absolute atomic E-state index is 10.4. The number of aromatic nitrogens is 2. The molecule has 2 aromatic heterocycles. The quantitative estimate of drug-likeness (QED) is 0.537. The van der Waals surface area contributed by atoms with E-state index in [1.807, 2.05) is 0 Å². The van der Waals surface area contributed by atoms with Crippen LogP contribution in [-0.4, -0.2) is 51.6 Å². The minimum atomic E-state index is 0. The van der Waals surface area contributed by atoms with Gasteiger partial charge in [-0.2, -0.15) is 12.4 Å². The van der Waals surface area contributed by atoms with E-state index in [9.17, 15) is 9.59 Å². The number of carbonyl (C=O) groups excluding carboxylic acids is 2. The monoisotopic (exact) mass is 429 g/mol. The van der Waals surface area contributed by atoms with Gasteiger partial charge in [0.15, 0.2) is 0 Å². The van der Waals surface area contributed by atoms with Gasteiger partial charge >= 0.3 is 16.8 Å². The third-order valence-corrected chi connectivity index (χ3v) is 1.83. The van der Waals surface area contributed by atoms with Crippen LogP contribution in [0.2, 0.25) is 0 Å². The van der Waals surface area contributed by atoms with Crippen LogP contribution in [0.5, 0.6) is 0 Å². The van der Waals surface area contributed by atoms with Crippen molar-refractivity contribution in [3.63, 3.8) is 0 Å². The summed E-state index contributed by atoms with van der Waals surface area (Å²) in [6.07, 6.45) is 3.22. The van der Waals surface area contributed by atoms with Gasteiger partial charge in [0.2, 0.25) is 0 Å².